The average Bonchev–Trinajstić information content (AvgIpc) is 2.52. The fraction of sp³-hybridized carbons (Fsp3) is 1.00. The maximum absolute atomic E-state index is 5.81. The highest BCUT2D eigenvalue weighted by Crippen LogP contribution is 2.53. The van der Waals surface area contributed by atoms with Crippen molar-refractivity contribution in [3.05, 3.63) is 0 Å². The zero-order chi connectivity index (χ0) is 13.9. The number of hydrogen-bond donors (Lipinski definition) is 2. The standard InChI is InChI=1S/C14H28N2O2/c1-12(2,3)8-7-9(13(4,5)6)11-10(8)17-14(15,16)18-11/h8-11H,7,15-16H2,1-6H3/t8?,9?,10-,11+. The third-order valence-corrected chi connectivity index (χ3v) is 4.49. The molecule has 4 heteroatoms. The molecule has 106 valence electrons. The normalized spacial score (nSPS) is 40.0. The number of hydrogen-bond acceptors (Lipinski definition) is 4. The minimum absolute atomic E-state index is 0.0178. The van der Waals surface area contributed by atoms with Crippen LogP contribution in [0, 0.1) is 22.7 Å². The van der Waals surface area contributed by atoms with Gasteiger partial charge in [-0.25, -0.2) is 0 Å². The van der Waals surface area contributed by atoms with Crippen molar-refractivity contribution in [3.63, 3.8) is 0 Å². The molecule has 1 heterocycles. The van der Waals surface area contributed by atoms with Gasteiger partial charge in [0.2, 0.25) is 0 Å². The minimum atomic E-state index is -1.41. The molecule has 0 bridgehead atoms. The minimum Gasteiger partial charge on any atom is -0.319 e. The summed E-state index contributed by atoms with van der Waals surface area (Å²) in [7, 11) is 0. The van der Waals surface area contributed by atoms with Crippen molar-refractivity contribution < 1.29 is 9.47 Å². The molecule has 2 unspecified atom stereocenters. The van der Waals surface area contributed by atoms with Crippen LogP contribution in [-0.2, 0) is 9.47 Å². The SMILES string of the molecule is CC(C)(C)C1CC(C(C)(C)C)[C@@H]2OC(N)(N)O[C@H]12. The zero-order valence-electron chi connectivity index (χ0n) is 12.5. The Balaban J connectivity index is 2.29. The van der Waals surface area contributed by atoms with Crippen LogP contribution in [0.1, 0.15) is 48.0 Å². The maximum atomic E-state index is 5.81. The monoisotopic (exact) mass is 256 g/mol. The Kier molecular flexibility index (Phi) is 3.10. The molecule has 4 N–H and O–H groups in total. The lowest BCUT2D eigenvalue weighted by Gasteiger charge is -2.34. The lowest BCUT2D eigenvalue weighted by molar-refractivity contribution is -0.187. The van der Waals surface area contributed by atoms with E-state index < -0.39 is 6.03 Å². The van der Waals surface area contributed by atoms with E-state index in [0.29, 0.717) is 11.8 Å². The van der Waals surface area contributed by atoms with Crippen LogP contribution in [0.15, 0.2) is 0 Å². The summed E-state index contributed by atoms with van der Waals surface area (Å²) < 4.78 is 11.5. The smallest absolute Gasteiger partial charge is 0.287 e. The number of fused-ring (bicyclic) bond motifs is 1. The summed E-state index contributed by atoms with van der Waals surface area (Å²) in [5.74, 6) is 0.862. The van der Waals surface area contributed by atoms with Crippen molar-refractivity contribution in [2.75, 3.05) is 0 Å². The van der Waals surface area contributed by atoms with Crippen LogP contribution in [0.5, 0.6) is 0 Å². The molecule has 18 heavy (non-hydrogen) atoms. The van der Waals surface area contributed by atoms with Crippen molar-refractivity contribution in [2.24, 2.45) is 34.1 Å². The molecular formula is C14H28N2O2. The Bertz CT molecular complexity index is 298. The molecule has 1 saturated heterocycles. The summed E-state index contributed by atoms with van der Waals surface area (Å²) in [6, 6.07) is -1.41. The van der Waals surface area contributed by atoms with E-state index in [1.54, 1.807) is 0 Å². The first-order valence-electron chi connectivity index (χ1n) is 6.85. The molecule has 0 amide bonds. The Hall–Kier alpha value is -0.160. The van der Waals surface area contributed by atoms with Crippen LogP contribution >= 0.6 is 0 Å². The Morgan fingerprint density at radius 2 is 1.17 bits per heavy atom. The average molecular weight is 256 g/mol. The molecule has 0 aromatic carbocycles. The first-order chi connectivity index (χ1) is 7.92. The Morgan fingerprint density at radius 3 is 1.44 bits per heavy atom. The van der Waals surface area contributed by atoms with E-state index >= 15 is 0 Å². The van der Waals surface area contributed by atoms with Crippen molar-refractivity contribution in [1.29, 1.82) is 0 Å². The summed E-state index contributed by atoms with van der Waals surface area (Å²) in [6.45, 7) is 13.5. The van der Waals surface area contributed by atoms with Gasteiger partial charge in [-0.15, -0.1) is 0 Å². The number of nitrogens with two attached hydrogens (primary N) is 2. The highest BCUT2D eigenvalue weighted by Gasteiger charge is 2.59. The van der Waals surface area contributed by atoms with Crippen molar-refractivity contribution in [1.82, 2.24) is 0 Å². The largest absolute Gasteiger partial charge is 0.319 e. The highest BCUT2D eigenvalue weighted by molar-refractivity contribution is 5.04. The fourth-order valence-electron chi connectivity index (χ4n) is 3.44. The molecular weight excluding hydrogens is 228 g/mol. The van der Waals surface area contributed by atoms with E-state index in [1.165, 1.54) is 0 Å². The maximum Gasteiger partial charge on any atom is 0.287 e. The predicted octanol–water partition coefficient (Wildman–Crippen LogP) is 2.03. The summed E-state index contributed by atoms with van der Waals surface area (Å²) >= 11 is 0. The van der Waals surface area contributed by atoms with E-state index in [9.17, 15) is 0 Å². The van der Waals surface area contributed by atoms with Gasteiger partial charge in [-0.05, 0) is 29.1 Å². The molecule has 0 spiro atoms. The van der Waals surface area contributed by atoms with Gasteiger partial charge >= 0.3 is 0 Å². The molecule has 0 aromatic heterocycles. The first-order valence-corrected chi connectivity index (χ1v) is 6.85. The van der Waals surface area contributed by atoms with Crippen LogP contribution in [0.3, 0.4) is 0 Å². The lowest BCUT2D eigenvalue weighted by Crippen LogP contribution is -2.52. The van der Waals surface area contributed by atoms with Gasteiger partial charge in [0.1, 0.15) is 0 Å². The molecule has 2 rings (SSSR count). The molecule has 0 aromatic rings. The third kappa shape index (κ3) is 2.44. The fourth-order valence-corrected chi connectivity index (χ4v) is 3.44. The van der Waals surface area contributed by atoms with E-state index in [2.05, 4.69) is 41.5 Å². The van der Waals surface area contributed by atoms with Gasteiger partial charge in [-0.2, -0.15) is 0 Å². The van der Waals surface area contributed by atoms with Crippen LogP contribution in [0.4, 0.5) is 0 Å². The third-order valence-electron chi connectivity index (χ3n) is 4.49. The number of rotatable bonds is 0. The topological polar surface area (TPSA) is 70.5 Å². The van der Waals surface area contributed by atoms with Crippen molar-refractivity contribution in [2.45, 2.75) is 66.2 Å². The Morgan fingerprint density at radius 1 is 0.833 bits per heavy atom. The van der Waals surface area contributed by atoms with Crippen molar-refractivity contribution >= 4 is 0 Å². The van der Waals surface area contributed by atoms with E-state index in [1.807, 2.05) is 0 Å². The molecule has 1 saturated carbocycles. The van der Waals surface area contributed by atoms with E-state index in [4.69, 9.17) is 20.9 Å². The summed E-state index contributed by atoms with van der Waals surface area (Å²) in [5, 5.41) is 0. The predicted molar refractivity (Wildman–Crippen MR) is 71.4 cm³/mol. The van der Waals surface area contributed by atoms with E-state index in [0.717, 1.165) is 6.42 Å². The quantitative estimate of drug-likeness (QED) is 0.651. The van der Waals surface area contributed by atoms with Crippen LogP contribution in [0.25, 0.3) is 0 Å². The van der Waals surface area contributed by atoms with Gasteiger partial charge in [-0.3, -0.25) is 11.5 Å². The molecule has 0 radical (unpaired) electrons. The van der Waals surface area contributed by atoms with Gasteiger partial charge in [0, 0.05) is 0 Å². The highest BCUT2D eigenvalue weighted by atomic mass is 16.8. The van der Waals surface area contributed by atoms with Gasteiger partial charge in [0.05, 0.1) is 12.2 Å². The second-order valence-electron chi connectivity index (χ2n) is 8.07. The molecule has 4 atom stereocenters. The van der Waals surface area contributed by atoms with Gasteiger partial charge < -0.3 is 9.47 Å². The summed E-state index contributed by atoms with van der Waals surface area (Å²) in [4.78, 5) is 0. The molecule has 2 aliphatic rings. The van der Waals surface area contributed by atoms with Crippen LogP contribution < -0.4 is 11.5 Å². The van der Waals surface area contributed by atoms with Gasteiger partial charge in [0.25, 0.3) is 6.03 Å². The van der Waals surface area contributed by atoms with Gasteiger partial charge in [0.15, 0.2) is 0 Å². The zero-order valence-corrected chi connectivity index (χ0v) is 12.5. The summed E-state index contributed by atoms with van der Waals surface area (Å²) in [6.07, 6.45) is 1.15. The van der Waals surface area contributed by atoms with Gasteiger partial charge in [-0.1, -0.05) is 41.5 Å². The summed E-state index contributed by atoms with van der Waals surface area (Å²) in [5.41, 5.74) is 12.0. The second kappa shape index (κ2) is 3.92. The first kappa shape index (κ1) is 14.3. The number of ether oxygens (including phenoxy) is 2. The lowest BCUT2D eigenvalue weighted by atomic mass is 9.75. The molecule has 1 aliphatic heterocycles. The van der Waals surface area contributed by atoms with Crippen LogP contribution in [-0.4, -0.2) is 18.2 Å². The van der Waals surface area contributed by atoms with Crippen molar-refractivity contribution in [3.8, 4) is 0 Å². The molecule has 4 nitrogen and oxygen atoms in total. The molecule has 1 aliphatic carbocycles. The second-order valence-corrected chi connectivity index (χ2v) is 8.07. The Labute approximate surface area is 110 Å². The molecule has 2 fully saturated rings. The van der Waals surface area contributed by atoms with E-state index in [-0.39, 0.29) is 23.0 Å². The van der Waals surface area contributed by atoms with Crippen LogP contribution in [0.2, 0.25) is 0 Å².